The number of nitrogens with zero attached hydrogens (tertiary/aromatic N) is 2. The maximum atomic E-state index is 13.0. The van der Waals surface area contributed by atoms with Crippen molar-refractivity contribution in [2.45, 2.75) is 53.0 Å². The van der Waals surface area contributed by atoms with Gasteiger partial charge in [0.2, 0.25) is 0 Å². The highest BCUT2D eigenvalue weighted by Crippen LogP contribution is 2.39. The first kappa shape index (κ1) is 24.5. The van der Waals surface area contributed by atoms with Gasteiger partial charge >= 0.3 is 5.97 Å². The van der Waals surface area contributed by atoms with Gasteiger partial charge in [-0.25, -0.2) is 4.79 Å². The zero-order valence-corrected chi connectivity index (χ0v) is 21.1. The summed E-state index contributed by atoms with van der Waals surface area (Å²) in [5.74, 6) is -0.704. The number of aromatic nitrogens is 1. The first-order chi connectivity index (χ1) is 16.9. The van der Waals surface area contributed by atoms with E-state index in [2.05, 4.69) is 9.88 Å². The summed E-state index contributed by atoms with van der Waals surface area (Å²) in [7, 11) is 0. The molecule has 180 valence electrons. The lowest BCUT2D eigenvalue weighted by Gasteiger charge is -2.13. The van der Waals surface area contributed by atoms with Crippen LogP contribution in [0.1, 0.15) is 63.1 Å². The van der Waals surface area contributed by atoms with Gasteiger partial charge in [-0.1, -0.05) is 30.3 Å². The van der Waals surface area contributed by atoms with Crippen LogP contribution in [-0.2, 0) is 28.9 Å². The van der Waals surface area contributed by atoms with Crippen LogP contribution in [0.4, 0.5) is 0 Å². The molecule has 4 rings (SSSR count). The highest BCUT2D eigenvalue weighted by Gasteiger charge is 2.28. The highest BCUT2D eigenvalue weighted by molar-refractivity contribution is 7.15. The second-order valence-electron chi connectivity index (χ2n) is 8.61. The molecule has 0 bridgehead atoms. The molecule has 0 saturated carbocycles. The van der Waals surface area contributed by atoms with Crippen LogP contribution in [0.3, 0.4) is 0 Å². The van der Waals surface area contributed by atoms with Crippen molar-refractivity contribution in [2.75, 3.05) is 6.61 Å². The van der Waals surface area contributed by atoms with Crippen LogP contribution in [0.15, 0.2) is 42.0 Å². The van der Waals surface area contributed by atoms with E-state index in [-0.39, 0.29) is 11.5 Å². The van der Waals surface area contributed by atoms with Gasteiger partial charge in [-0.2, -0.15) is 5.26 Å². The Morgan fingerprint density at radius 2 is 1.94 bits per heavy atom. The third kappa shape index (κ3) is 5.08. The molecular formula is C28H29N3O3S. The lowest BCUT2D eigenvalue weighted by Crippen LogP contribution is -2.23. The van der Waals surface area contributed by atoms with E-state index in [9.17, 15) is 14.9 Å². The van der Waals surface area contributed by atoms with Crippen LogP contribution in [0.5, 0.6) is 0 Å². The van der Waals surface area contributed by atoms with Gasteiger partial charge in [-0.15, -0.1) is 11.3 Å². The molecule has 1 aliphatic rings. The van der Waals surface area contributed by atoms with E-state index in [4.69, 9.17) is 4.74 Å². The van der Waals surface area contributed by atoms with Gasteiger partial charge in [0.05, 0.1) is 12.2 Å². The van der Waals surface area contributed by atoms with E-state index in [0.717, 1.165) is 58.8 Å². The Kier molecular flexibility index (Phi) is 7.52. The number of carbonyl (C=O) groups is 2. The molecule has 1 amide bonds. The molecule has 0 saturated heterocycles. The summed E-state index contributed by atoms with van der Waals surface area (Å²) < 4.78 is 7.48. The molecule has 0 fully saturated rings. The van der Waals surface area contributed by atoms with Gasteiger partial charge < -0.3 is 14.6 Å². The first-order valence-corrected chi connectivity index (χ1v) is 12.7. The summed E-state index contributed by atoms with van der Waals surface area (Å²) in [4.78, 5) is 26.9. The minimum atomic E-state index is -0.417. The molecule has 7 heteroatoms. The fourth-order valence-corrected chi connectivity index (χ4v) is 6.03. The topological polar surface area (TPSA) is 84.1 Å². The number of rotatable bonds is 7. The van der Waals surface area contributed by atoms with E-state index in [1.807, 2.05) is 63.2 Å². The Morgan fingerprint density at radius 3 is 2.66 bits per heavy atom. The number of fused-ring (bicyclic) bond motifs is 1. The SMILES string of the molecule is CCOC(=O)c1c(-n2c(C)cc(/C=C(/C#N)C(=O)NCc3ccccc3)c2C)sc2c1CCCC2. The largest absolute Gasteiger partial charge is 0.462 e. The maximum Gasteiger partial charge on any atom is 0.341 e. The number of nitriles is 1. The monoisotopic (exact) mass is 487 g/mol. The van der Waals surface area contributed by atoms with Crippen molar-refractivity contribution in [3.63, 3.8) is 0 Å². The minimum absolute atomic E-state index is 0.0391. The van der Waals surface area contributed by atoms with Crippen LogP contribution in [-0.4, -0.2) is 23.1 Å². The van der Waals surface area contributed by atoms with Gasteiger partial charge in [0.1, 0.15) is 16.6 Å². The second kappa shape index (κ2) is 10.7. The smallest absolute Gasteiger partial charge is 0.341 e. The molecule has 3 aromatic rings. The van der Waals surface area contributed by atoms with Crippen molar-refractivity contribution in [1.82, 2.24) is 9.88 Å². The summed E-state index contributed by atoms with van der Waals surface area (Å²) in [6.07, 6.45) is 5.66. The molecule has 0 aliphatic heterocycles. The van der Waals surface area contributed by atoms with Gasteiger partial charge in [0, 0.05) is 22.8 Å². The zero-order chi connectivity index (χ0) is 24.9. The van der Waals surface area contributed by atoms with Crippen LogP contribution in [0.2, 0.25) is 0 Å². The van der Waals surface area contributed by atoms with Gasteiger partial charge in [0.25, 0.3) is 5.91 Å². The lowest BCUT2D eigenvalue weighted by atomic mass is 9.95. The normalized spacial score (nSPS) is 13.1. The quantitative estimate of drug-likeness (QED) is 0.273. The molecule has 1 N–H and O–H groups in total. The third-order valence-corrected chi connectivity index (χ3v) is 7.54. The number of thiophene rings is 1. The maximum absolute atomic E-state index is 13.0. The molecule has 6 nitrogen and oxygen atoms in total. The van der Waals surface area contributed by atoms with Crippen molar-refractivity contribution in [3.8, 4) is 11.1 Å². The van der Waals surface area contributed by atoms with Gasteiger partial charge in [-0.3, -0.25) is 4.79 Å². The number of hydrogen-bond donors (Lipinski definition) is 1. The molecule has 35 heavy (non-hydrogen) atoms. The lowest BCUT2D eigenvalue weighted by molar-refractivity contribution is -0.117. The second-order valence-corrected chi connectivity index (χ2v) is 9.70. The Hall–Kier alpha value is -3.63. The molecular weight excluding hydrogens is 458 g/mol. The summed E-state index contributed by atoms with van der Waals surface area (Å²) in [5.41, 5.74) is 5.34. The van der Waals surface area contributed by atoms with E-state index >= 15 is 0 Å². The Bertz CT molecular complexity index is 1330. The predicted octanol–water partition coefficient (Wildman–Crippen LogP) is 5.43. The molecule has 0 spiro atoms. The number of hydrogen-bond acceptors (Lipinski definition) is 5. The van der Waals surface area contributed by atoms with Crippen molar-refractivity contribution >= 4 is 29.3 Å². The van der Waals surface area contributed by atoms with Crippen LogP contribution in [0, 0.1) is 25.2 Å². The average Bonchev–Trinajstić information content (AvgIpc) is 3.37. The number of nitrogens with one attached hydrogen (secondary N) is 1. The molecule has 2 heterocycles. The number of esters is 1. The summed E-state index contributed by atoms with van der Waals surface area (Å²) in [6.45, 7) is 6.41. The van der Waals surface area contributed by atoms with E-state index in [1.165, 1.54) is 4.88 Å². The van der Waals surface area contributed by atoms with Crippen molar-refractivity contribution in [1.29, 1.82) is 5.26 Å². The Balaban J connectivity index is 1.68. The molecule has 1 aromatic carbocycles. The number of aryl methyl sites for hydroxylation is 2. The first-order valence-electron chi connectivity index (χ1n) is 11.9. The predicted molar refractivity (Wildman–Crippen MR) is 138 cm³/mol. The number of amides is 1. The number of benzene rings is 1. The number of ether oxygens (including phenoxy) is 1. The fraction of sp³-hybridized carbons (Fsp3) is 0.321. The van der Waals surface area contributed by atoms with Gasteiger partial charge in [0.15, 0.2) is 0 Å². The zero-order valence-electron chi connectivity index (χ0n) is 20.3. The third-order valence-electron chi connectivity index (χ3n) is 6.27. The van der Waals surface area contributed by atoms with Crippen molar-refractivity contribution < 1.29 is 14.3 Å². The minimum Gasteiger partial charge on any atom is -0.462 e. The Morgan fingerprint density at radius 1 is 1.20 bits per heavy atom. The summed E-state index contributed by atoms with van der Waals surface area (Å²) >= 11 is 1.64. The standard InChI is InChI=1S/C28H29N3O3S/c1-4-34-28(33)25-23-12-8-9-13-24(23)35-27(25)31-18(2)14-21(19(31)3)15-22(16-29)26(32)30-17-20-10-6-5-7-11-20/h5-7,10-11,14-15H,4,8-9,12-13,17H2,1-3H3,(H,30,32)/b22-15-. The average molecular weight is 488 g/mol. The summed E-state index contributed by atoms with van der Waals surface area (Å²) in [5, 5.41) is 13.4. The highest BCUT2D eigenvalue weighted by atomic mass is 32.1. The van der Waals surface area contributed by atoms with Crippen molar-refractivity contribution in [3.05, 3.63) is 80.5 Å². The molecule has 0 radical (unpaired) electrons. The van der Waals surface area contributed by atoms with Crippen molar-refractivity contribution in [2.24, 2.45) is 0 Å². The number of carbonyl (C=O) groups excluding carboxylic acids is 2. The molecule has 0 atom stereocenters. The van der Waals surface area contributed by atoms with Crippen LogP contribution < -0.4 is 5.32 Å². The van der Waals surface area contributed by atoms with E-state index in [0.29, 0.717) is 18.7 Å². The summed E-state index contributed by atoms with van der Waals surface area (Å²) in [6, 6.07) is 13.6. The van der Waals surface area contributed by atoms with E-state index in [1.54, 1.807) is 17.4 Å². The van der Waals surface area contributed by atoms with Crippen LogP contribution >= 0.6 is 11.3 Å². The van der Waals surface area contributed by atoms with Gasteiger partial charge in [-0.05, 0) is 75.3 Å². The Labute approximate surface area is 209 Å². The van der Waals surface area contributed by atoms with E-state index < -0.39 is 5.91 Å². The van der Waals surface area contributed by atoms with Crippen LogP contribution in [0.25, 0.3) is 11.1 Å². The molecule has 0 unspecified atom stereocenters. The fourth-order valence-electron chi connectivity index (χ4n) is 4.55. The molecule has 2 aromatic heterocycles. The molecule has 1 aliphatic carbocycles.